The van der Waals surface area contributed by atoms with E-state index in [0.717, 1.165) is 27.8 Å². The highest BCUT2D eigenvalue weighted by atomic mass is 16.3. The molecule has 0 aliphatic heterocycles. The van der Waals surface area contributed by atoms with Crippen LogP contribution >= 0.6 is 0 Å². The normalized spacial score (nSPS) is 11.9. The minimum absolute atomic E-state index is 0.0185. The molecule has 3 rings (SSSR count). The fourth-order valence-electron chi connectivity index (χ4n) is 2.94. The van der Waals surface area contributed by atoms with Crippen molar-refractivity contribution in [1.29, 1.82) is 0 Å². The summed E-state index contributed by atoms with van der Waals surface area (Å²) < 4.78 is 0. The standard InChI is InChI=1S/C22H20O3/c23-15-14-21(16-6-10-19(24)11-7-16)22(17-4-2-1-3-5-17)18-8-12-20(25)13-9-18/h1-13,23-25H,14-15H2. The fourth-order valence-corrected chi connectivity index (χ4v) is 2.94. The van der Waals surface area contributed by atoms with Gasteiger partial charge in [-0.05, 0) is 58.5 Å². The SMILES string of the molecule is OCCC(=C(c1ccccc1)c1ccc(O)cc1)c1ccc(O)cc1. The van der Waals surface area contributed by atoms with Gasteiger partial charge in [-0.25, -0.2) is 0 Å². The van der Waals surface area contributed by atoms with Gasteiger partial charge in [0.05, 0.1) is 0 Å². The topological polar surface area (TPSA) is 60.7 Å². The molecular formula is C22H20O3. The maximum Gasteiger partial charge on any atom is 0.115 e. The first-order valence-corrected chi connectivity index (χ1v) is 8.17. The first-order chi connectivity index (χ1) is 12.2. The van der Waals surface area contributed by atoms with Gasteiger partial charge >= 0.3 is 0 Å². The van der Waals surface area contributed by atoms with Crippen molar-refractivity contribution >= 4 is 11.1 Å². The van der Waals surface area contributed by atoms with Gasteiger partial charge < -0.3 is 15.3 Å². The second-order valence-electron chi connectivity index (χ2n) is 5.79. The van der Waals surface area contributed by atoms with E-state index in [9.17, 15) is 15.3 Å². The Morgan fingerprint density at radius 2 is 1.08 bits per heavy atom. The average molecular weight is 332 g/mol. The van der Waals surface area contributed by atoms with Gasteiger partial charge in [-0.2, -0.15) is 0 Å². The van der Waals surface area contributed by atoms with Crippen molar-refractivity contribution in [1.82, 2.24) is 0 Å². The van der Waals surface area contributed by atoms with E-state index in [1.165, 1.54) is 0 Å². The molecule has 0 saturated heterocycles. The Morgan fingerprint density at radius 1 is 0.600 bits per heavy atom. The quantitative estimate of drug-likeness (QED) is 0.605. The van der Waals surface area contributed by atoms with Crippen molar-refractivity contribution < 1.29 is 15.3 Å². The van der Waals surface area contributed by atoms with E-state index in [4.69, 9.17) is 0 Å². The molecule has 0 heterocycles. The molecule has 0 spiro atoms. The van der Waals surface area contributed by atoms with E-state index >= 15 is 0 Å². The van der Waals surface area contributed by atoms with Gasteiger partial charge in [0.2, 0.25) is 0 Å². The second-order valence-corrected chi connectivity index (χ2v) is 5.79. The predicted molar refractivity (Wildman–Crippen MR) is 100 cm³/mol. The van der Waals surface area contributed by atoms with Crippen LogP contribution in [0.25, 0.3) is 11.1 Å². The number of phenols is 2. The molecule has 126 valence electrons. The van der Waals surface area contributed by atoms with E-state index in [-0.39, 0.29) is 18.1 Å². The Balaban J connectivity index is 2.26. The van der Waals surface area contributed by atoms with E-state index in [1.54, 1.807) is 24.3 Å². The van der Waals surface area contributed by atoms with Crippen molar-refractivity contribution in [3.05, 3.63) is 95.6 Å². The number of benzene rings is 3. The van der Waals surface area contributed by atoms with E-state index in [0.29, 0.717) is 6.42 Å². The highest BCUT2D eigenvalue weighted by Crippen LogP contribution is 2.35. The molecule has 0 bridgehead atoms. The molecule has 0 atom stereocenters. The number of aliphatic hydroxyl groups is 1. The van der Waals surface area contributed by atoms with Crippen LogP contribution in [-0.2, 0) is 0 Å². The molecular weight excluding hydrogens is 312 g/mol. The minimum Gasteiger partial charge on any atom is -0.508 e. The molecule has 0 fully saturated rings. The summed E-state index contributed by atoms with van der Waals surface area (Å²) in [6.07, 6.45) is 0.482. The van der Waals surface area contributed by atoms with Crippen molar-refractivity contribution in [3.8, 4) is 11.5 Å². The maximum absolute atomic E-state index is 9.62. The van der Waals surface area contributed by atoms with Crippen LogP contribution in [0.15, 0.2) is 78.9 Å². The highest BCUT2D eigenvalue weighted by molar-refractivity contribution is 5.98. The molecule has 3 heteroatoms. The summed E-state index contributed by atoms with van der Waals surface area (Å²) in [5.74, 6) is 0.419. The molecule has 0 aliphatic carbocycles. The molecule has 3 aromatic rings. The zero-order chi connectivity index (χ0) is 17.6. The lowest BCUT2D eigenvalue weighted by Gasteiger charge is -2.17. The third-order valence-electron chi connectivity index (χ3n) is 4.10. The molecule has 25 heavy (non-hydrogen) atoms. The lowest BCUT2D eigenvalue weighted by atomic mass is 9.88. The molecule has 0 aromatic heterocycles. The first kappa shape index (κ1) is 16.8. The number of hydrogen-bond acceptors (Lipinski definition) is 3. The number of hydrogen-bond donors (Lipinski definition) is 3. The van der Waals surface area contributed by atoms with Gasteiger partial charge in [0.15, 0.2) is 0 Å². The van der Waals surface area contributed by atoms with Crippen LogP contribution in [0.3, 0.4) is 0 Å². The number of rotatable bonds is 5. The Labute approximate surface area is 147 Å². The summed E-state index contributed by atoms with van der Waals surface area (Å²) in [5, 5.41) is 28.8. The lowest BCUT2D eigenvalue weighted by molar-refractivity contribution is 0.305. The molecule has 0 radical (unpaired) electrons. The summed E-state index contributed by atoms with van der Waals surface area (Å²) in [7, 11) is 0. The predicted octanol–water partition coefficient (Wildman–Crippen LogP) is 4.44. The highest BCUT2D eigenvalue weighted by Gasteiger charge is 2.14. The fraction of sp³-hybridized carbons (Fsp3) is 0.0909. The number of aromatic hydroxyl groups is 2. The van der Waals surface area contributed by atoms with Crippen molar-refractivity contribution in [2.75, 3.05) is 6.61 Å². The zero-order valence-electron chi connectivity index (χ0n) is 13.8. The smallest absolute Gasteiger partial charge is 0.115 e. The molecule has 3 N–H and O–H groups in total. The van der Waals surface area contributed by atoms with Crippen LogP contribution in [0.1, 0.15) is 23.1 Å². The number of aliphatic hydroxyl groups excluding tert-OH is 1. The molecule has 0 unspecified atom stereocenters. The van der Waals surface area contributed by atoms with E-state index < -0.39 is 0 Å². The van der Waals surface area contributed by atoms with Crippen LogP contribution in [0.2, 0.25) is 0 Å². The average Bonchev–Trinajstić information content (AvgIpc) is 2.64. The molecule has 0 amide bonds. The first-order valence-electron chi connectivity index (χ1n) is 8.17. The van der Waals surface area contributed by atoms with Gasteiger partial charge in [-0.3, -0.25) is 0 Å². The van der Waals surface area contributed by atoms with Gasteiger partial charge in [-0.15, -0.1) is 0 Å². The van der Waals surface area contributed by atoms with Crippen LogP contribution in [0.5, 0.6) is 11.5 Å². The third kappa shape index (κ3) is 3.90. The van der Waals surface area contributed by atoms with Crippen LogP contribution in [0, 0.1) is 0 Å². The third-order valence-corrected chi connectivity index (χ3v) is 4.10. The van der Waals surface area contributed by atoms with Crippen molar-refractivity contribution in [3.63, 3.8) is 0 Å². The van der Waals surface area contributed by atoms with Gasteiger partial charge in [0.25, 0.3) is 0 Å². The monoisotopic (exact) mass is 332 g/mol. The summed E-state index contributed by atoms with van der Waals surface area (Å²) in [6, 6.07) is 24.0. The largest absolute Gasteiger partial charge is 0.508 e. The van der Waals surface area contributed by atoms with Crippen LogP contribution < -0.4 is 0 Å². The van der Waals surface area contributed by atoms with Crippen LogP contribution in [-0.4, -0.2) is 21.9 Å². The van der Waals surface area contributed by atoms with Gasteiger partial charge in [-0.1, -0.05) is 54.6 Å². The summed E-state index contributed by atoms with van der Waals surface area (Å²) in [5.41, 5.74) is 4.92. The van der Waals surface area contributed by atoms with E-state index in [1.807, 2.05) is 54.6 Å². The number of phenolic OH excluding ortho intramolecular Hbond substituents is 2. The van der Waals surface area contributed by atoms with E-state index in [2.05, 4.69) is 0 Å². The molecule has 0 aliphatic rings. The summed E-state index contributed by atoms with van der Waals surface area (Å²) in [4.78, 5) is 0. The Morgan fingerprint density at radius 3 is 1.60 bits per heavy atom. The lowest BCUT2D eigenvalue weighted by Crippen LogP contribution is -1.97. The Kier molecular flexibility index (Phi) is 5.17. The van der Waals surface area contributed by atoms with Gasteiger partial charge in [0, 0.05) is 6.61 Å². The van der Waals surface area contributed by atoms with Gasteiger partial charge in [0.1, 0.15) is 11.5 Å². The van der Waals surface area contributed by atoms with Crippen molar-refractivity contribution in [2.45, 2.75) is 6.42 Å². The Bertz CT molecular complexity index is 848. The molecule has 0 saturated carbocycles. The molecule has 3 nitrogen and oxygen atoms in total. The Hall–Kier alpha value is -3.04. The molecule has 3 aromatic carbocycles. The van der Waals surface area contributed by atoms with Crippen LogP contribution in [0.4, 0.5) is 0 Å². The second kappa shape index (κ2) is 7.69. The van der Waals surface area contributed by atoms with Crippen molar-refractivity contribution in [2.24, 2.45) is 0 Å². The summed E-state index contributed by atoms with van der Waals surface area (Å²) in [6.45, 7) is 0.0185. The maximum atomic E-state index is 9.62. The zero-order valence-corrected chi connectivity index (χ0v) is 13.8. The minimum atomic E-state index is 0.0185. The summed E-state index contributed by atoms with van der Waals surface area (Å²) >= 11 is 0.